The van der Waals surface area contributed by atoms with E-state index in [1.54, 1.807) is 12.1 Å². The number of nitrogens with zero attached hydrogens (tertiary/aromatic N) is 1. The first-order valence-electron chi connectivity index (χ1n) is 9.37. The number of esters is 1. The summed E-state index contributed by atoms with van der Waals surface area (Å²) < 4.78 is 15.3. The molecule has 154 valence electrons. The number of imide groups is 1. The van der Waals surface area contributed by atoms with Crippen molar-refractivity contribution in [1.29, 1.82) is 0 Å². The molecule has 29 heavy (non-hydrogen) atoms. The number of hydrogen-bond donors (Lipinski definition) is 0. The maximum absolute atomic E-state index is 12.4. The van der Waals surface area contributed by atoms with Crippen LogP contribution in [0.2, 0.25) is 0 Å². The van der Waals surface area contributed by atoms with Gasteiger partial charge in [0.1, 0.15) is 11.5 Å². The number of hydrogen-bond acceptors (Lipinski definition) is 7. The Morgan fingerprint density at radius 2 is 1.69 bits per heavy atom. The number of benzene rings is 1. The minimum Gasteiger partial charge on any atom is -0.497 e. The van der Waals surface area contributed by atoms with Crippen LogP contribution in [-0.2, 0) is 19.1 Å². The van der Waals surface area contributed by atoms with Gasteiger partial charge >= 0.3 is 5.97 Å². The standard InChI is InChI=1S/C21H23NO7/c1-27-13-7-8-16(18(11-13)28-2)17(23)12-29-19(24)9-10-22-20(25)14-5-3-4-6-15(14)21(22)26/h3-4,7-8,11,14-15H,5-6,9-10,12H2,1-2H3/t14-,15-/m0/s1. The van der Waals surface area contributed by atoms with Crippen LogP contribution in [0, 0.1) is 11.8 Å². The molecular weight excluding hydrogens is 378 g/mol. The fourth-order valence-electron chi connectivity index (χ4n) is 3.62. The topological polar surface area (TPSA) is 99.2 Å². The van der Waals surface area contributed by atoms with Crippen molar-refractivity contribution in [1.82, 2.24) is 4.90 Å². The number of carbonyl (C=O) groups is 4. The summed E-state index contributed by atoms with van der Waals surface area (Å²) in [6.07, 6.45) is 4.76. The van der Waals surface area contributed by atoms with Gasteiger partial charge in [-0.15, -0.1) is 0 Å². The largest absolute Gasteiger partial charge is 0.497 e. The number of allylic oxidation sites excluding steroid dienone is 2. The molecule has 3 rings (SSSR count). The van der Waals surface area contributed by atoms with Crippen LogP contribution in [0.15, 0.2) is 30.4 Å². The molecule has 0 radical (unpaired) electrons. The zero-order valence-corrected chi connectivity index (χ0v) is 16.4. The molecule has 1 saturated heterocycles. The molecule has 2 atom stereocenters. The molecule has 1 aliphatic carbocycles. The van der Waals surface area contributed by atoms with Crippen molar-refractivity contribution in [3.8, 4) is 11.5 Å². The highest BCUT2D eigenvalue weighted by Gasteiger charge is 2.46. The molecule has 0 unspecified atom stereocenters. The number of likely N-dealkylation sites (tertiary alicyclic amines) is 1. The normalized spacial score (nSPS) is 20.4. The molecule has 0 aromatic heterocycles. The third kappa shape index (κ3) is 4.31. The van der Waals surface area contributed by atoms with Gasteiger partial charge in [-0.05, 0) is 25.0 Å². The highest BCUT2D eigenvalue weighted by molar-refractivity contribution is 6.05. The molecule has 8 nitrogen and oxygen atoms in total. The SMILES string of the molecule is COc1ccc(C(=O)COC(=O)CCN2C(=O)[C@H]3CC=CC[C@@H]3C2=O)c(OC)c1. The predicted octanol–water partition coefficient (Wildman–Crippen LogP) is 1.77. The Balaban J connectivity index is 1.51. The van der Waals surface area contributed by atoms with E-state index in [0.717, 1.165) is 4.90 Å². The molecule has 2 aliphatic rings. The Hall–Kier alpha value is -3.16. The van der Waals surface area contributed by atoms with Crippen LogP contribution in [-0.4, -0.2) is 55.8 Å². The fourth-order valence-corrected chi connectivity index (χ4v) is 3.62. The summed E-state index contributed by atoms with van der Waals surface area (Å²) in [5, 5.41) is 0. The van der Waals surface area contributed by atoms with Crippen LogP contribution in [0.25, 0.3) is 0 Å². The number of carbonyl (C=O) groups excluding carboxylic acids is 4. The van der Waals surface area contributed by atoms with E-state index in [9.17, 15) is 19.2 Å². The molecule has 1 aromatic carbocycles. The van der Waals surface area contributed by atoms with E-state index in [-0.39, 0.29) is 42.2 Å². The van der Waals surface area contributed by atoms with Crippen molar-refractivity contribution in [2.75, 3.05) is 27.4 Å². The van der Waals surface area contributed by atoms with E-state index in [4.69, 9.17) is 14.2 Å². The van der Waals surface area contributed by atoms with Crippen molar-refractivity contribution < 1.29 is 33.4 Å². The lowest BCUT2D eigenvalue weighted by Gasteiger charge is -2.14. The Bertz CT molecular complexity index is 835. The van der Waals surface area contributed by atoms with Gasteiger partial charge in [0.15, 0.2) is 6.61 Å². The number of ether oxygens (including phenoxy) is 3. The minimum atomic E-state index is -0.653. The number of amides is 2. The number of fused-ring (bicyclic) bond motifs is 1. The monoisotopic (exact) mass is 401 g/mol. The summed E-state index contributed by atoms with van der Waals surface area (Å²) in [6.45, 7) is -0.498. The summed E-state index contributed by atoms with van der Waals surface area (Å²) in [6, 6.07) is 4.70. The molecule has 0 saturated carbocycles. The Kier molecular flexibility index (Phi) is 6.31. The Morgan fingerprint density at radius 1 is 1.03 bits per heavy atom. The summed E-state index contributed by atoms with van der Waals surface area (Å²) in [4.78, 5) is 50.3. The third-order valence-corrected chi connectivity index (χ3v) is 5.21. The molecule has 1 aromatic rings. The van der Waals surface area contributed by atoms with Crippen molar-refractivity contribution >= 4 is 23.6 Å². The molecule has 1 aliphatic heterocycles. The predicted molar refractivity (Wildman–Crippen MR) is 102 cm³/mol. The maximum Gasteiger partial charge on any atom is 0.308 e. The molecule has 8 heteroatoms. The minimum absolute atomic E-state index is 0.0381. The van der Waals surface area contributed by atoms with Crippen LogP contribution < -0.4 is 9.47 Å². The Morgan fingerprint density at radius 3 is 2.28 bits per heavy atom. The molecular formula is C21H23NO7. The zero-order valence-electron chi connectivity index (χ0n) is 16.4. The molecule has 1 heterocycles. The van der Waals surface area contributed by atoms with Crippen molar-refractivity contribution in [3.63, 3.8) is 0 Å². The van der Waals surface area contributed by atoms with Crippen molar-refractivity contribution in [2.24, 2.45) is 11.8 Å². The summed E-state index contributed by atoms with van der Waals surface area (Å²) in [5.74, 6) is -1.36. The first-order valence-corrected chi connectivity index (χ1v) is 9.37. The lowest BCUT2D eigenvalue weighted by Crippen LogP contribution is -2.33. The van der Waals surface area contributed by atoms with E-state index in [1.807, 2.05) is 12.2 Å². The van der Waals surface area contributed by atoms with Gasteiger partial charge in [0.05, 0.1) is 38.0 Å². The highest BCUT2D eigenvalue weighted by Crippen LogP contribution is 2.35. The van der Waals surface area contributed by atoms with Gasteiger partial charge in [-0.2, -0.15) is 0 Å². The number of rotatable bonds is 8. The van der Waals surface area contributed by atoms with Crippen LogP contribution in [0.5, 0.6) is 11.5 Å². The van der Waals surface area contributed by atoms with Gasteiger partial charge in [-0.25, -0.2) is 0 Å². The number of methoxy groups -OCH3 is 2. The van der Waals surface area contributed by atoms with Crippen molar-refractivity contribution in [2.45, 2.75) is 19.3 Å². The lowest BCUT2D eigenvalue weighted by molar-refractivity contribution is -0.145. The van der Waals surface area contributed by atoms with E-state index in [1.165, 1.54) is 20.3 Å². The van der Waals surface area contributed by atoms with Gasteiger partial charge in [0.2, 0.25) is 17.6 Å². The van der Waals surface area contributed by atoms with E-state index in [2.05, 4.69) is 0 Å². The quantitative estimate of drug-likeness (QED) is 0.283. The average Bonchev–Trinajstić information content (AvgIpc) is 3.00. The zero-order chi connectivity index (χ0) is 21.0. The van der Waals surface area contributed by atoms with Crippen LogP contribution in [0.4, 0.5) is 0 Å². The second kappa shape index (κ2) is 8.89. The smallest absolute Gasteiger partial charge is 0.308 e. The maximum atomic E-state index is 12.4. The summed E-state index contributed by atoms with van der Waals surface area (Å²) in [7, 11) is 2.92. The van der Waals surface area contributed by atoms with E-state index < -0.39 is 18.4 Å². The third-order valence-electron chi connectivity index (χ3n) is 5.21. The average molecular weight is 401 g/mol. The van der Waals surface area contributed by atoms with Gasteiger partial charge < -0.3 is 14.2 Å². The summed E-state index contributed by atoms with van der Waals surface area (Å²) in [5.41, 5.74) is 0.266. The van der Waals surface area contributed by atoms with E-state index in [0.29, 0.717) is 24.3 Å². The fraction of sp³-hybridized carbons (Fsp3) is 0.429. The van der Waals surface area contributed by atoms with Crippen molar-refractivity contribution in [3.05, 3.63) is 35.9 Å². The Labute approximate surface area is 168 Å². The number of Topliss-reactive ketones (excluding diaryl/α,β-unsaturated/α-hetero) is 1. The highest BCUT2D eigenvalue weighted by atomic mass is 16.5. The van der Waals surface area contributed by atoms with Gasteiger partial charge in [-0.3, -0.25) is 24.1 Å². The first-order chi connectivity index (χ1) is 14.0. The van der Waals surface area contributed by atoms with Crippen LogP contribution in [0.1, 0.15) is 29.6 Å². The second-order valence-electron chi connectivity index (χ2n) is 6.88. The molecule has 0 spiro atoms. The van der Waals surface area contributed by atoms with E-state index >= 15 is 0 Å². The van der Waals surface area contributed by atoms with Gasteiger partial charge in [-0.1, -0.05) is 12.2 Å². The molecule has 0 bridgehead atoms. The number of ketones is 1. The summed E-state index contributed by atoms with van der Waals surface area (Å²) >= 11 is 0. The van der Waals surface area contributed by atoms with Crippen LogP contribution >= 0.6 is 0 Å². The second-order valence-corrected chi connectivity index (χ2v) is 6.88. The van der Waals surface area contributed by atoms with Gasteiger partial charge in [0.25, 0.3) is 0 Å². The molecule has 1 fully saturated rings. The lowest BCUT2D eigenvalue weighted by atomic mass is 9.85. The molecule has 0 N–H and O–H groups in total. The molecule has 2 amide bonds. The first kappa shape index (κ1) is 20.6. The van der Waals surface area contributed by atoms with Gasteiger partial charge in [0, 0.05) is 12.6 Å². The van der Waals surface area contributed by atoms with Crippen LogP contribution in [0.3, 0.4) is 0 Å².